The minimum atomic E-state index is -4.36. The van der Waals surface area contributed by atoms with Crippen LogP contribution in [0.5, 0.6) is 0 Å². The highest BCUT2D eigenvalue weighted by molar-refractivity contribution is 5.59. The van der Waals surface area contributed by atoms with E-state index >= 15 is 0 Å². The van der Waals surface area contributed by atoms with Crippen LogP contribution in [0.2, 0.25) is 0 Å². The number of morpholine rings is 1. The van der Waals surface area contributed by atoms with Gasteiger partial charge in [-0.3, -0.25) is 0 Å². The minimum absolute atomic E-state index is 0.349. The van der Waals surface area contributed by atoms with Gasteiger partial charge in [0.05, 0.1) is 41.5 Å². The Morgan fingerprint density at radius 1 is 0.688 bits per heavy atom. The smallest absolute Gasteiger partial charge is 0.378 e. The molecular weight excluding hydrogens is 419 g/mol. The normalized spacial score (nSPS) is 14.5. The fourth-order valence-electron chi connectivity index (χ4n) is 3.17. The second-order valence-electron chi connectivity index (χ2n) is 7.19. The van der Waals surface area contributed by atoms with E-state index in [-0.39, 0.29) is 0 Å². The Balaban J connectivity index is 1.29. The molecule has 0 unspecified atom stereocenters. The summed E-state index contributed by atoms with van der Waals surface area (Å²) < 4.78 is 43.2. The summed E-state index contributed by atoms with van der Waals surface area (Å²) in [5.74, 6) is 0. The van der Waals surface area contributed by atoms with E-state index in [1.54, 1.807) is 12.1 Å². The molecule has 0 amide bonds. The van der Waals surface area contributed by atoms with Crippen molar-refractivity contribution in [2.24, 2.45) is 10.2 Å². The van der Waals surface area contributed by atoms with E-state index in [9.17, 15) is 13.2 Å². The predicted octanol–water partition coefficient (Wildman–Crippen LogP) is 6.40. The largest absolute Gasteiger partial charge is 0.416 e. The lowest BCUT2D eigenvalue weighted by atomic mass is 10.2. The van der Waals surface area contributed by atoms with Crippen molar-refractivity contribution in [3.63, 3.8) is 0 Å². The number of rotatable bonds is 6. The summed E-state index contributed by atoms with van der Waals surface area (Å²) in [5, 5.41) is 8.04. The minimum Gasteiger partial charge on any atom is -0.378 e. The van der Waals surface area contributed by atoms with Gasteiger partial charge in [-0.15, -0.1) is 0 Å². The molecule has 2 N–H and O–H groups in total. The van der Waals surface area contributed by atoms with Crippen molar-refractivity contribution in [2.45, 2.75) is 6.18 Å². The number of hydrogen-bond donors (Lipinski definition) is 2. The monoisotopic (exact) mass is 441 g/mol. The number of nitrogens with one attached hydrogen (secondary N) is 2. The molecule has 0 aliphatic carbocycles. The van der Waals surface area contributed by atoms with Crippen molar-refractivity contribution in [2.75, 3.05) is 42.1 Å². The van der Waals surface area contributed by atoms with Crippen molar-refractivity contribution in [3.8, 4) is 0 Å². The molecule has 1 saturated heterocycles. The maximum atomic E-state index is 12.6. The molecular formula is C23H22F3N5O. The molecule has 166 valence electrons. The van der Waals surface area contributed by atoms with Gasteiger partial charge in [-0.05, 0) is 72.8 Å². The van der Waals surface area contributed by atoms with Crippen molar-refractivity contribution in [1.29, 1.82) is 0 Å². The molecule has 32 heavy (non-hydrogen) atoms. The predicted molar refractivity (Wildman–Crippen MR) is 119 cm³/mol. The topological polar surface area (TPSA) is 61.2 Å². The molecule has 0 bridgehead atoms. The molecule has 0 radical (unpaired) electrons. The summed E-state index contributed by atoms with van der Waals surface area (Å²) in [6.07, 6.45) is -4.36. The van der Waals surface area contributed by atoms with Gasteiger partial charge in [0.2, 0.25) is 0 Å². The molecule has 0 spiro atoms. The van der Waals surface area contributed by atoms with Crippen LogP contribution in [0, 0.1) is 0 Å². The Morgan fingerprint density at radius 3 is 1.66 bits per heavy atom. The van der Waals surface area contributed by atoms with Crippen LogP contribution in [0.15, 0.2) is 83.0 Å². The van der Waals surface area contributed by atoms with Crippen molar-refractivity contribution in [1.82, 2.24) is 0 Å². The first-order valence-electron chi connectivity index (χ1n) is 10.1. The SMILES string of the molecule is FC(F)(F)c1ccc(N=Nc2ccc(NNc3ccc(N4CCOCC4)cc3)cc2)cc1. The first-order chi connectivity index (χ1) is 15.5. The summed E-state index contributed by atoms with van der Waals surface area (Å²) >= 11 is 0. The summed E-state index contributed by atoms with van der Waals surface area (Å²) in [6.45, 7) is 3.30. The molecule has 1 heterocycles. The van der Waals surface area contributed by atoms with E-state index in [1.807, 2.05) is 24.3 Å². The maximum Gasteiger partial charge on any atom is 0.416 e. The second-order valence-corrected chi connectivity index (χ2v) is 7.19. The lowest BCUT2D eigenvalue weighted by molar-refractivity contribution is -0.137. The van der Waals surface area contributed by atoms with Crippen LogP contribution in [0.3, 0.4) is 0 Å². The number of hydrazine groups is 1. The van der Waals surface area contributed by atoms with Crippen molar-refractivity contribution >= 4 is 28.4 Å². The molecule has 3 aromatic rings. The quantitative estimate of drug-likeness (QED) is 0.343. The molecule has 1 fully saturated rings. The third kappa shape index (κ3) is 5.76. The molecule has 0 atom stereocenters. The van der Waals surface area contributed by atoms with E-state index in [1.165, 1.54) is 17.8 Å². The van der Waals surface area contributed by atoms with E-state index in [0.29, 0.717) is 11.4 Å². The standard InChI is InChI=1S/C23H22F3N5O/c24-23(25,26)17-1-3-18(4-2-17)27-28-19-5-7-20(8-6-19)29-30-21-9-11-22(12-10-21)31-13-15-32-16-14-31/h1-12,29-30H,13-16H2. The van der Waals surface area contributed by atoms with Crippen LogP contribution in [0.4, 0.5) is 41.6 Å². The summed E-state index contributed by atoms with van der Waals surface area (Å²) in [5.41, 5.74) is 9.41. The molecule has 0 saturated carbocycles. The van der Waals surface area contributed by atoms with Crippen LogP contribution in [0.25, 0.3) is 0 Å². The zero-order chi connectivity index (χ0) is 22.4. The van der Waals surface area contributed by atoms with Crippen LogP contribution < -0.4 is 15.8 Å². The highest BCUT2D eigenvalue weighted by atomic mass is 19.4. The molecule has 1 aliphatic rings. The van der Waals surface area contributed by atoms with Crippen LogP contribution in [-0.4, -0.2) is 26.3 Å². The number of anilines is 3. The second kappa shape index (κ2) is 9.69. The average Bonchev–Trinajstić information content (AvgIpc) is 2.83. The molecule has 9 heteroatoms. The Labute approximate surface area is 183 Å². The van der Waals surface area contributed by atoms with Gasteiger partial charge < -0.3 is 20.5 Å². The molecule has 0 aromatic heterocycles. The van der Waals surface area contributed by atoms with E-state index in [4.69, 9.17) is 4.74 Å². The van der Waals surface area contributed by atoms with E-state index in [2.05, 4.69) is 38.1 Å². The van der Waals surface area contributed by atoms with Crippen LogP contribution in [-0.2, 0) is 10.9 Å². The fraction of sp³-hybridized carbons (Fsp3) is 0.217. The highest BCUT2D eigenvalue weighted by Gasteiger charge is 2.29. The molecule has 3 aromatic carbocycles. The van der Waals surface area contributed by atoms with Gasteiger partial charge in [-0.25, -0.2) is 0 Å². The van der Waals surface area contributed by atoms with Gasteiger partial charge in [-0.2, -0.15) is 23.4 Å². The zero-order valence-corrected chi connectivity index (χ0v) is 17.1. The third-order valence-corrected chi connectivity index (χ3v) is 4.94. The van der Waals surface area contributed by atoms with Crippen molar-refractivity contribution in [3.05, 3.63) is 78.4 Å². The number of benzene rings is 3. The lowest BCUT2D eigenvalue weighted by Gasteiger charge is -2.29. The number of azo groups is 1. The first kappa shape index (κ1) is 21.6. The van der Waals surface area contributed by atoms with Gasteiger partial charge in [-0.1, -0.05) is 0 Å². The summed E-state index contributed by atoms with van der Waals surface area (Å²) in [4.78, 5) is 2.29. The summed E-state index contributed by atoms with van der Waals surface area (Å²) in [6, 6.07) is 19.9. The molecule has 6 nitrogen and oxygen atoms in total. The van der Waals surface area contributed by atoms with Gasteiger partial charge in [0.15, 0.2) is 0 Å². The number of hydrogen-bond acceptors (Lipinski definition) is 6. The Hall–Kier alpha value is -3.59. The number of nitrogens with zero attached hydrogens (tertiary/aromatic N) is 3. The third-order valence-electron chi connectivity index (χ3n) is 4.94. The lowest BCUT2D eigenvalue weighted by Crippen LogP contribution is -2.36. The van der Waals surface area contributed by atoms with Gasteiger partial charge in [0, 0.05) is 18.8 Å². The van der Waals surface area contributed by atoms with E-state index < -0.39 is 11.7 Å². The summed E-state index contributed by atoms with van der Waals surface area (Å²) in [7, 11) is 0. The van der Waals surface area contributed by atoms with Crippen LogP contribution >= 0.6 is 0 Å². The average molecular weight is 441 g/mol. The molecule has 4 rings (SSSR count). The van der Waals surface area contributed by atoms with Gasteiger partial charge in [0.25, 0.3) is 0 Å². The van der Waals surface area contributed by atoms with Crippen LogP contribution in [0.1, 0.15) is 5.56 Å². The number of ether oxygens (including phenoxy) is 1. The fourth-order valence-corrected chi connectivity index (χ4v) is 3.17. The highest BCUT2D eigenvalue weighted by Crippen LogP contribution is 2.30. The Kier molecular flexibility index (Phi) is 6.55. The Morgan fingerprint density at radius 2 is 1.16 bits per heavy atom. The Bertz CT molecular complexity index is 1030. The van der Waals surface area contributed by atoms with E-state index in [0.717, 1.165) is 49.8 Å². The van der Waals surface area contributed by atoms with Gasteiger partial charge in [0.1, 0.15) is 0 Å². The number of halogens is 3. The first-order valence-corrected chi connectivity index (χ1v) is 10.1. The number of alkyl halides is 3. The van der Waals surface area contributed by atoms with Gasteiger partial charge >= 0.3 is 6.18 Å². The molecule has 1 aliphatic heterocycles. The zero-order valence-electron chi connectivity index (χ0n) is 17.1. The van der Waals surface area contributed by atoms with Crippen molar-refractivity contribution < 1.29 is 17.9 Å². The maximum absolute atomic E-state index is 12.6.